The van der Waals surface area contributed by atoms with Crippen LogP contribution in [0.15, 0.2) is 48.8 Å². The Morgan fingerprint density at radius 3 is 2.74 bits per heavy atom. The highest BCUT2D eigenvalue weighted by molar-refractivity contribution is 5.14. The molecule has 3 heteroatoms. The highest BCUT2D eigenvalue weighted by Crippen LogP contribution is 2.04. The van der Waals surface area contributed by atoms with Crippen LogP contribution in [0.5, 0.6) is 0 Å². The van der Waals surface area contributed by atoms with Gasteiger partial charge in [0.15, 0.2) is 0 Å². The number of benzene rings is 1. The first-order chi connectivity index (χ1) is 9.34. The summed E-state index contributed by atoms with van der Waals surface area (Å²) in [6, 6.07) is 13.1. The molecule has 0 aliphatic heterocycles. The van der Waals surface area contributed by atoms with Crippen molar-refractivity contribution in [3.05, 3.63) is 54.4 Å². The van der Waals surface area contributed by atoms with E-state index in [1.807, 2.05) is 23.1 Å². The molecule has 1 aromatic carbocycles. The Bertz CT molecular complexity index is 436. The van der Waals surface area contributed by atoms with Crippen LogP contribution in [0.3, 0.4) is 0 Å². The summed E-state index contributed by atoms with van der Waals surface area (Å²) >= 11 is 0. The fourth-order valence-electron chi connectivity index (χ4n) is 2.20. The zero-order valence-corrected chi connectivity index (χ0v) is 11.6. The minimum Gasteiger partial charge on any atom is -0.312 e. The van der Waals surface area contributed by atoms with E-state index in [2.05, 4.69) is 47.7 Å². The SMILES string of the molecule is CC(Cn1cccn1)NCCCCc1ccccc1. The van der Waals surface area contributed by atoms with Gasteiger partial charge in [-0.25, -0.2) is 0 Å². The average molecular weight is 257 g/mol. The summed E-state index contributed by atoms with van der Waals surface area (Å²) in [4.78, 5) is 0. The van der Waals surface area contributed by atoms with Gasteiger partial charge in [-0.3, -0.25) is 4.68 Å². The van der Waals surface area contributed by atoms with Crippen LogP contribution in [0.2, 0.25) is 0 Å². The summed E-state index contributed by atoms with van der Waals surface area (Å²) in [5, 5.41) is 7.76. The number of nitrogens with zero attached hydrogens (tertiary/aromatic N) is 2. The van der Waals surface area contributed by atoms with E-state index in [-0.39, 0.29) is 0 Å². The van der Waals surface area contributed by atoms with E-state index in [9.17, 15) is 0 Å². The van der Waals surface area contributed by atoms with Gasteiger partial charge in [0, 0.05) is 18.4 Å². The molecule has 1 N–H and O–H groups in total. The summed E-state index contributed by atoms with van der Waals surface area (Å²) in [5.41, 5.74) is 1.44. The Balaban J connectivity index is 1.54. The Labute approximate surface area is 115 Å². The van der Waals surface area contributed by atoms with Gasteiger partial charge in [-0.2, -0.15) is 5.10 Å². The van der Waals surface area contributed by atoms with Crippen molar-refractivity contribution in [1.29, 1.82) is 0 Å². The van der Waals surface area contributed by atoms with E-state index in [0.717, 1.165) is 13.1 Å². The lowest BCUT2D eigenvalue weighted by atomic mass is 10.1. The van der Waals surface area contributed by atoms with Crippen molar-refractivity contribution in [2.75, 3.05) is 6.54 Å². The van der Waals surface area contributed by atoms with Gasteiger partial charge < -0.3 is 5.32 Å². The van der Waals surface area contributed by atoms with Gasteiger partial charge in [0.05, 0.1) is 6.54 Å². The Morgan fingerprint density at radius 1 is 1.16 bits per heavy atom. The van der Waals surface area contributed by atoms with E-state index < -0.39 is 0 Å². The van der Waals surface area contributed by atoms with Gasteiger partial charge in [-0.1, -0.05) is 30.3 Å². The second-order valence-corrected chi connectivity index (χ2v) is 5.03. The second kappa shape index (κ2) is 7.74. The maximum atomic E-state index is 4.22. The minimum absolute atomic E-state index is 0.469. The summed E-state index contributed by atoms with van der Waals surface area (Å²) < 4.78 is 1.97. The standard InChI is InChI=1S/C16H23N3/c1-15(14-19-13-7-12-18-19)17-11-6-5-10-16-8-3-2-4-9-16/h2-4,7-9,12-13,15,17H,5-6,10-11,14H2,1H3. The van der Waals surface area contributed by atoms with Crippen LogP contribution in [0.25, 0.3) is 0 Å². The molecule has 1 unspecified atom stereocenters. The summed E-state index contributed by atoms with van der Waals surface area (Å²) in [5.74, 6) is 0. The first-order valence-electron chi connectivity index (χ1n) is 7.09. The molecular formula is C16H23N3. The van der Waals surface area contributed by atoms with Gasteiger partial charge in [-0.15, -0.1) is 0 Å². The van der Waals surface area contributed by atoms with Gasteiger partial charge in [0.25, 0.3) is 0 Å². The fraction of sp³-hybridized carbons (Fsp3) is 0.438. The zero-order valence-electron chi connectivity index (χ0n) is 11.6. The molecule has 2 rings (SSSR count). The van der Waals surface area contributed by atoms with Gasteiger partial charge in [0.2, 0.25) is 0 Å². The highest BCUT2D eigenvalue weighted by atomic mass is 15.3. The molecule has 0 radical (unpaired) electrons. The summed E-state index contributed by atoms with van der Waals surface area (Å²) in [6.45, 7) is 4.22. The Morgan fingerprint density at radius 2 is 2.00 bits per heavy atom. The van der Waals surface area contributed by atoms with Crippen LogP contribution in [0, 0.1) is 0 Å². The minimum atomic E-state index is 0.469. The van der Waals surface area contributed by atoms with Crippen molar-refractivity contribution in [3.8, 4) is 0 Å². The van der Waals surface area contributed by atoms with Crippen molar-refractivity contribution < 1.29 is 0 Å². The largest absolute Gasteiger partial charge is 0.312 e. The average Bonchev–Trinajstić information content (AvgIpc) is 2.92. The van der Waals surface area contributed by atoms with Crippen molar-refractivity contribution in [3.63, 3.8) is 0 Å². The van der Waals surface area contributed by atoms with E-state index in [1.54, 1.807) is 0 Å². The lowest BCUT2D eigenvalue weighted by Crippen LogP contribution is -2.31. The van der Waals surface area contributed by atoms with Crippen LogP contribution in [-0.2, 0) is 13.0 Å². The quantitative estimate of drug-likeness (QED) is 0.737. The number of aromatic nitrogens is 2. The number of rotatable bonds is 8. The lowest BCUT2D eigenvalue weighted by molar-refractivity contribution is 0.445. The molecule has 19 heavy (non-hydrogen) atoms. The molecule has 0 amide bonds. The molecule has 0 saturated carbocycles. The van der Waals surface area contributed by atoms with Crippen LogP contribution in [0.1, 0.15) is 25.3 Å². The Hall–Kier alpha value is -1.61. The van der Waals surface area contributed by atoms with Crippen LogP contribution >= 0.6 is 0 Å². The maximum absolute atomic E-state index is 4.22. The first kappa shape index (κ1) is 13.8. The smallest absolute Gasteiger partial charge is 0.0559 e. The van der Waals surface area contributed by atoms with Crippen LogP contribution in [-0.4, -0.2) is 22.4 Å². The zero-order chi connectivity index (χ0) is 13.3. The molecule has 0 spiro atoms. The molecule has 3 nitrogen and oxygen atoms in total. The third-order valence-electron chi connectivity index (χ3n) is 3.25. The molecular weight excluding hydrogens is 234 g/mol. The molecule has 1 atom stereocenters. The number of aryl methyl sites for hydroxylation is 1. The van der Waals surface area contributed by atoms with E-state index in [4.69, 9.17) is 0 Å². The number of unbranched alkanes of at least 4 members (excludes halogenated alkanes) is 1. The molecule has 102 valence electrons. The van der Waals surface area contributed by atoms with Crippen molar-refractivity contribution in [1.82, 2.24) is 15.1 Å². The van der Waals surface area contributed by atoms with Gasteiger partial charge in [0.1, 0.15) is 0 Å². The molecule has 0 aliphatic carbocycles. The van der Waals surface area contributed by atoms with E-state index >= 15 is 0 Å². The fourth-order valence-corrected chi connectivity index (χ4v) is 2.20. The molecule has 1 aromatic heterocycles. The van der Waals surface area contributed by atoms with Crippen molar-refractivity contribution in [2.45, 2.75) is 38.8 Å². The predicted octanol–water partition coefficient (Wildman–Crippen LogP) is 2.88. The Kier molecular flexibility index (Phi) is 5.63. The topological polar surface area (TPSA) is 29.9 Å². The van der Waals surface area contributed by atoms with E-state index in [0.29, 0.717) is 6.04 Å². The first-order valence-corrected chi connectivity index (χ1v) is 7.09. The normalized spacial score (nSPS) is 12.5. The van der Waals surface area contributed by atoms with Crippen LogP contribution < -0.4 is 5.32 Å². The highest BCUT2D eigenvalue weighted by Gasteiger charge is 2.01. The third-order valence-corrected chi connectivity index (χ3v) is 3.25. The summed E-state index contributed by atoms with van der Waals surface area (Å²) in [7, 11) is 0. The van der Waals surface area contributed by atoms with Crippen molar-refractivity contribution >= 4 is 0 Å². The molecule has 2 aromatic rings. The van der Waals surface area contributed by atoms with E-state index in [1.165, 1.54) is 24.8 Å². The number of hydrogen-bond acceptors (Lipinski definition) is 2. The molecule has 0 bridgehead atoms. The van der Waals surface area contributed by atoms with Gasteiger partial charge >= 0.3 is 0 Å². The lowest BCUT2D eigenvalue weighted by Gasteiger charge is -2.13. The molecule has 0 saturated heterocycles. The second-order valence-electron chi connectivity index (χ2n) is 5.03. The van der Waals surface area contributed by atoms with Gasteiger partial charge in [-0.05, 0) is 44.4 Å². The number of hydrogen-bond donors (Lipinski definition) is 1. The summed E-state index contributed by atoms with van der Waals surface area (Å²) in [6.07, 6.45) is 7.47. The third kappa shape index (κ3) is 5.26. The maximum Gasteiger partial charge on any atom is 0.0559 e. The van der Waals surface area contributed by atoms with Crippen LogP contribution in [0.4, 0.5) is 0 Å². The number of nitrogens with one attached hydrogen (secondary N) is 1. The monoisotopic (exact) mass is 257 g/mol. The molecule has 0 aliphatic rings. The molecule has 0 fully saturated rings. The predicted molar refractivity (Wildman–Crippen MR) is 79.1 cm³/mol. The van der Waals surface area contributed by atoms with Crippen molar-refractivity contribution in [2.24, 2.45) is 0 Å². The molecule has 1 heterocycles.